The second-order valence-corrected chi connectivity index (χ2v) is 8.49. The van der Waals surface area contributed by atoms with E-state index in [0.717, 1.165) is 44.4 Å². The largest absolute Gasteiger partial charge is 2.00 e. The number of aromatic nitrogens is 4. The van der Waals surface area contributed by atoms with E-state index in [0.29, 0.717) is 11.5 Å². The summed E-state index contributed by atoms with van der Waals surface area (Å²) in [4.78, 5) is 4.79. The molecule has 0 N–H and O–H groups in total. The van der Waals surface area contributed by atoms with Gasteiger partial charge >= 0.3 is 21.1 Å². The number of hydrogen-bond acceptors (Lipinski definition) is 3. The van der Waals surface area contributed by atoms with Crippen molar-refractivity contribution in [1.29, 1.82) is 0 Å². The second kappa shape index (κ2) is 11.8. The van der Waals surface area contributed by atoms with Crippen molar-refractivity contribution in [3.63, 3.8) is 0 Å². The van der Waals surface area contributed by atoms with Crippen LogP contribution in [0.5, 0.6) is 11.5 Å². The first-order chi connectivity index (χ1) is 18.3. The number of fused-ring (bicyclic) bond motifs is 3. The predicted molar refractivity (Wildman–Crippen MR) is 143 cm³/mol. The Hall–Kier alpha value is -3.37. The molecule has 0 amide bonds. The van der Waals surface area contributed by atoms with Crippen LogP contribution in [0.15, 0.2) is 110 Å². The van der Waals surface area contributed by atoms with Gasteiger partial charge in [0.25, 0.3) is 0 Å². The van der Waals surface area contributed by atoms with E-state index in [9.17, 15) is 0 Å². The molecule has 0 aliphatic rings. The molecule has 0 atom stereocenters. The summed E-state index contributed by atoms with van der Waals surface area (Å²) in [6, 6.07) is 42.9. The Morgan fingerprint density at radius 3 is 2.41 bits per heavy atom. The Kier molecular flexibility index (Phi) is 8.23. The van der Waals surface area contributed by atoms with Crippen LogP contribution in [0, 0.1) is 24.3 Å². The van der Waals surface area contributed by atoms with Crippen LogP contribution in [0.3, 0.4) is 0 Å². The Balaban J connectivity index is 0.00000154. The fourth-order valence-corrected chi connectivity index (χ4v) is 4.51. The van der Waals surface area contributed by atoms with E-state index >= 15 is 0 Å². The summed E-state index contributed by atoms with van der Waals surface area (Å²) in [5, 5.41) is 6.47. The van der Waals surface area contributed by atoms with Crippen molar-refractivity contribution < 1.29 is 58.5 Å². The molecule has 0 aliphatic carbocycles. The maximum Gasteiger partial charge on any atom is 2.00 e. The van der Waals surface area contributed by atoms with Crippen LogP contribution >= 0.6 is 0 Å². The van der Waals surface area contributed by atoms with Crippen LogP contribution in [-0.4, -0.2) is 19.3 Å². The molecular formula is C32H18N4OPtY-2. The summed E-state index contributed by atoms with van der Waals surface area (Å²) >= 11 is 0. The Morgan fingerprint density at radius 1 is 0.744 bits per heavy atom. The summed E-state index contributed by atoms with van der Waals surface area (Å²) in [7, 11) is 0. The average molecular weight is 759 g/mol. The van der Waals surface area contributed by atoms with Gasteiger partial charge in [0.2, 0.25) is 0 Å². The Bertz CT molecular complexity index is 1850. The van der Waals surface area contributed by atoms with E-state index in [1.54, 1.807) is 10.9 Å². The molecule has 4 aromatic carbocycles. The van der Waals surface area contributed by atoms with E-state index in [-0.39, 0.29) is 53.8 Å². The molecule has 7 rings (SSSR count). The molecule has 7 aromatic rings. The topological polar surface area (TPSA) is 44.9 Å². The van der Waals surface area contributed by atoms with E-state index in [1.807, 2.05) is 85.2 Å². The number of nitrogens with zero attached hydrogens (tertiary/aromatic N) is 4. The maximum absolute atomic E-state index is 6.19. The SMILES string of the molecule is [Pt+2].[Y].[c-]1ccccc1-c1[c-]cc(-n2c3[c-]c(Oc4[c-]c(-n5cccn5)ccc4)ccc3c3ccccc32)nc1. The van der Waals surface area contributed by atoms with Crippen molar-refractivity contribution in [3.8, 4) is 34.1 Å². The van der Waals surface area contributed by atoms with Gasteiger partial charge in [0, 0.05) is 67.9 Å². The molecule has 3 heterocycles. The van der Waals surface area contributed by atoms with Crippen molar-refractivity contribution in [2.45, 2.75) is 0 Å². The zero-order valence-corrected chi connectivity index (χ0v) is 25.6. The first-order valence-electron chi connectivity index (χ1n) is 11.8. The third kappa shape index (κ3) is 5.27. The standard InChI is InChI=1S/C32H18N4O.Pt.Y/c1-2-8-23(9-3-1)24-14-17-32(33-22-24)36-30-13-5-4-12-28(30)29-16-15-27(21-31(29)36)37-26-11-6-10-25(20-26)35-19-7-18-34-35;;/h1-8,10-13,15-19,22H;;/q-4;+2;. The first kappa shape index (κ1) is 27.2. The van der Waals surface area contributed by atoms with Gasteiger partial charge in [0.05, 0.1) is 0 Å². The van der Waals surface area contributed by atoms with Crippen LogP contribution < -0.4 is 4.74 Å². The molecule has 39 heavy (non-hydrogen) atoms. The van der Waals surface area contributed by atoms with E-state index < -0.39 is 0 Å². The van der Waals surface area contributed by atoms with Gasteiger partial charge in [-0.25, -0.2) is 11.1 Å². The minimum Gasteiger partial charge on any atom is -0.509 e. The molecule has 0 unspecified atom stereocenters. The third-order valence-corrected chi connectivity index (χ3v) is 6.19. The van der Waals surface area contributed by atoms with Gasteiger partial charge in [-0.15, -0.1) is 47.9 Å². The van der Waals surface area contributed by atoms with Crippen LogP contribution in [0.2, 0.25) is 0 Å². The summed E-state index contributed by atoms with van der Waals surface area (Å²) in [5.74, 6) is 1.93. The van der Waals surface area contributed by atoms with Crippen LogP contribution in [-0.2, 0) is 53.8 Å². The summed E-state index contributed by atoms with van der Waals surface area (Å²) in [5.41, 5.74) is 4.57. The molecule has 0 bridgehead atoms. The zero-order valence-electron chi connectivity index (χ0n) is 20.5. The first-order valence-corrected chi connectivity index (χ1v) is 11.8. The average Bonchev–Trinajstić information content (AvgIpc) is 3.61. The quantitative estimate of drug-likeness (QED) is 0.178. The van der Waals surface area contributed by atoms with Crippen molar-refractivity contribution in [3.05, 3.63) is 134 Å². The molecule has 3 aromatic heterocycles. The summed E-state index contributed by atoms with van der Waals surface area (Å²) in [6.45, 7) is 0. The molecule has 0 saturated carbocycles. The van der Waals surface area contributed by atoms with Crippen molar-refractivity contribution in [1.82, 2.24) is 19.3 Å². The maximum atomic E-state index is 6.19. The molecule has 5 nitrogen and oxygen atoms in total. The number of rotatable bonds is 5. The molecule has 7 heteroatoms. The second-order valence-electron chi connectivity index (χ2n) is 8.49. The fraction of sp³-hybridized carbons (Fsp3) is 0. The number of ether oxygens (including phenoxy) is 1. The molecule has 1 radical (unpaired) electrons. The molecule has 0 aliphatic heterocycles. The van der Waals surface area contributed by atoms with Crippen LogP contribution in [0.4, 0.5) is 0 Å². The van der Waals surface area contributed by atoms with Crippen molar-refractivity contribution in [2.75, 3.05) is 0 Å². The molecule has 0 saturated heterocycles. The molecule has 0 fully saturated rings. The summed E-state index contributed by atoms with van der Waals surface area (Å²) < 4.78 is 10.0. The molecular weight excluding hydrogens is 740 g/mol. The normalized spacial score (nSPS) is 10.7. The van der Waals surface area contributed by atoms with E-state index in [1.165, 1.54) is 0 Å². The number of pyridine rings is 1. The van der Waals surface area contributed by atoms with Gasteiger partial charge in [0.15, 0.2) is 0 Å². The smallest absolute Gasteiger partial charge is 0.509 e. The van der Waals surface area contributed by atoms with Gasteiger partial charge in [0.1, 0.15) is 0 Å². The van der Waals surface area contributed by atoms with Gasteiger partial charge in [-0.1, -0.05) is 29.9 Å². The Morgan fingerprint density at radius 2 is 1.62 bits per heavy atom. The Labute approximate surface area is 265 Å². The van der Waals surface area contributed by atoms with E-state index in [4.69, 9.17) is 9.72 Å². The molecule has 0 spiro atoms. The monoisotopic (exact) mass is 758 g/mol. The fourth-order valence-electron chi connectivity index (χ4n) is 4.51. The van der Waals surface area contributed by atoms with Gasteiger partial charge in [-0.05, 0) is 23.2 Å². The van der Waals surface area contributed by atoms with Gasteiger partial charge in [-0.2, -0.15) is 47.6 Å². The van der Waals surface area contributed by atoms with Crippen LogP contribution in [0.25, 0.3) is 44.4 Å². The van der Waals surface area contributed by atoms with Gasteiger partial charge in [-0.3, -0.25) is 4.68 Å². The van der Waals surface area contributed by atoms with Crippen LogP contribution in [0.1, 0.15) is 0 Å². The molecule has 187 valence electrons. The van der Waals surface area contributed by atoms with Crippen molar-refractivity contribution >= 4 is 21.8 Å². The summed E-state index contributed by atoms with van der Waals surface area (Å²) in [6.07, 6.45) is 5.44. The van der Waals surface area contributed by atoms with Gasteiger partial charge < -0.3 is 14.3 Å². The minimum absolute atomic E-state index is 0. The third-order valence-electron chi connectivity index (χ3n) is 6.19. The minimum atomic E-state index is 0. The zero-order chi connectivity index (χ0) is 24.6. The number of para-hydroxylation sites is 1. The van der Waals surface area contributed by atoms with Crippen molar-refractivity contribution in [2.24, 2.45) is 0 Å². The van der Waals surface area contributed by atoms with E-state index in [2.05, 4.69) is 52.1 Å². The number of hydrogen-bond donors (Lipinski definition) is 0. The number of benzene rings is 4. The predicted octanol–water partition coefficient (Wildman–Crippen LogP) is 7.02.